The fraction of sp³-hybridized carbons (Fsp3) is 0.250. The fourth-order valence-electron chi connectivity index (χ4n) is 2.91. The van der Waals surface area contributed by atoms with Gasteiger partial charge in [0.05, 0.1) is 12.1 Å². The highest BCUT2D eigenvalue weighted by Crippen LogP contribution is 2.32. The lowest BCUT2D eigenvalue weighted by Gasteiger charge is -2.20. The minimum absolute atomic E-state index is 0.0539. The van der Waals surface area contributed by atoms with Crippen molar-refractivity contribution in [3.63, 3.8) is 0 Å². The van der Waals surface area contributed by atoms with Crippen LogP contribution in [-0.4, -0.2) is 34.1 Å². The van der Waals surface area contributed by atoms with E-state index in [1.54, 1.807) is 12.4 Å². The maximum Gasteiger partial charge on any atom is 0.231 e. The van der Waals surface area contributed by atoms with E-state index in [4.69, 9.17) is 9.47 Å². The van der Waals surface area contributed by atoms with Crippen LogP contribution in [0.3, 0.4) is 0 Å². The lowest BCUT2D eigenvalue weighted by Crippen LogP contribution is -2.31. The number of fused-ring (bicyclic) bond motifs is 1. The second-order valence-electron chi connectivity index (χ2n) is 6.16. The van der Waals surface area contributed by atoms with Gasteiger partial charge in [0.2, 0.25) is 12.7 Å². The van der Waals surface area contributed by atoms with Crippen LogP contribution < -0.4 is 9.47 Å². The zero-order valence-electron chi connectivity index (χ0n) is 14.9. The van der Waals surface area contributed by atoms with Crippen molar-refractivity contribution in [2.75, 3.05) is 13.3 Å². The molecule has 1 amide bonds. The third kappa shape index (κ3) is 3.93. The second-order valence-corrected chi connectivity index (χ2v) is 7.02. The first-order valence-electron chi connectivity index (χ1n) is 8.74. The molecule has 7 heteroatoms. The number of rotatable bonds is 6. The Hall–Kier alpha value is -2.93. The molecule has 2 aromatic heterocycles. The Labute approximate surface area is 161 Å². The number of hydrogen-bond acceptors (Lipinski definition) is 6. The van der Waals surface area contributed by atoms with Crippen molar-refractivity contribution in [3.05, 3.63) is 59.4 Å². The molecule has 6 nitrogen and oxygen atoms in total. The molecule has 0 saturated carbocycles. The Balaban J connectivity index is 1.43. The van der Waals surface area contributed by atoms with E-state index < -0.39 is 0 Å². The third-order valence-electron chi connectivity index (χ3n) is 4.34. The number of amides is 1. The minimum Gasteiger partial charge on any atom is -0.454 e. The van der Waals surface area contributed by atoms with Gasteiger partial charge in [0.15, 0.2) is 11.5 Å². The molecule has 3 heterocycles. The lowest BCUT2D eigenvalue weighted by molar-refractivity contribution is -0.130. The standard InChI is InChI=1S/C20H19N3O3S/c1-2-23(11-14-5-6-17-18(8-14)26-13-25-17)19(24)9-16-12-27-20(22-16)15-4-3-7-21-10-15/h3-8,10,12H,2,9,11,13H2,1H3. The highest BCUT2D eigenvalue weighted by Gasteiger charge is 2.18. The average molecular weight is 381 g/mol. The normalized spacial score (nSPS) is 12.2. The number of carbonyl (C=O) groups is 1. The molecule has 0 atom stereocenters. The molecule has 0 spiro atoms. The number of pyridine rings is 1. The van der Waals surface area contributed by atoms with Crippen LogP contribution in [0.25, 0.3) is 10.6 Å². The third-order valence-corrected chi connectivity index (χ3v) is 5.28. The van der Waals surface area contributed by atoms with E-state index in [2.05, 4.69) is 9.97 Å². The number of thiazole rings is 1. The minimum atomic E-state index is 0.0539. The topological polar surface area (TPSA) is 64.6 Å². The SMILES string of the molecule is CCN(Cc1ccc2c(c1)OCO2)C(=O)Cc1csc(-c2cccnc2)n1. The molecule has 1 aliphatic rings. The van der Waals surface area contributed by atoms with Crippen molar-refractivity contribution >= 4 is 17.2 Å². The van der Waals surface area contributed by atoms with Crippen LogP contribution in [0.5, 0.6) is 11.5 Å². The number of carbonyl (C=O) groups excluding carboxylic acids is 1. The molecule has 0 unspecified atom stereocenters. The summed E-state index contributed by atoms with van der Waals surface area (Å²) in [4.78, 5) is 23.3. The van der Waals surface area contributed by atoms with Crippen molar-refractivity contribution < 1.29 is 14.3 Å². The molecule has 0 bridgehead atoms. The molecule has 4 rings (SSSR count). The highest BCUT2D eigenvalue weighted by atomic mass is 32.1. The average Bonchev–Trinajstić information content (AvgIpc) is 3.35. The quantitative estimate of drug-likeness (QED) is 0.654. The Kier molecular flexibility index (Phi) is 5.02. The molecule has 0 aliphatic carbocycles. The van der Waals surface area contributed by atoms with Gasteiger partial charge in [-0.1, -0.05) is 6.07 Å². The van der Waals surface area contributed by atoms with Crippen molar-refractivity contribution in [2.45, 2.75) is 19.9 Å². The van der Waals surface area contributed by atoms with Crippen LogP contribution in [0.4, 0.5) is 0 Å². The van der Waals surface area contributed by atoms with Crippen molar-refractivity contribution in [3.8, 4) is 22.1 Å². The number of benzene rings is 1. The van der Waals surface area contributed by atoms with E-state index in [9.17, 15) is 4.79 Å². The summed E-state index contributed by atoms with van der Waals surface area (Å²) in [6, 6.07) is 9.63. The van der Waals surface area contributed by atoms with Crippen LogP contribution in [-0.2, 0) is 17.8 Å². The molecule has 138 valence electrons. The van der Waals surface area contributed by atoms with Gasteiger partial charge in [-0.3, -0.25) is 9.78 Å². The number of likely N-dealkylation sites (N-methyl/N-ethyl adjacent to an activating group) is 1. The first-order chi connectivity index (χ1) is 13.2. The molecule has 0 radical (unpaired) electrons. The second kappa shape index (κ2) is 7.75. The summed E-state index contributed by atoms with van der Waals surface area (Å²) < 4.78 is 10.8. The molecule has 0 fully saturated rings. The first-order valence-corrected chi connectivity index (χ1v) is 9.62. The highest BCUT2D eigenvalue weighted by molar-refractivity contribution is 7.13. The van der Waals surface area contributed by atoms with E-state index in [-0.39, 0.29) is 19.1 Å². The Morgan fingerprint density at radius 1 is 1.26 bits per heavy atom. The van der Waals surface area contributed by atoms with Gasteiger partial charge >= 0.3 is 0 Å². The predicted octanol–water partition coefficient (Wildman–Crippen LogP) is 3.53. The lowest BCUT2D eigenvalue weighted by atomic mass is 10.1. The summed E-state index contributed by atoms with van der Waals surface area (Å²) in [6.07, 6.45) is 3.80. The molecule has 1 aromatic carbocycles. The molecular formula is C20H19N3O3S. The zero-order valence-corrected chi connectivity index (χ0v) is 15.7. The zero-order chi connectivity index (χ0) is 18.6. The molecular weight excluding hydrogens is 362 g/mol. The maximum atomic E-state index is 12.7. The predicted molar refractivity (Wildman–Crippen MR) is 103 cm³/mol. The van der Waals surface area contributed by atoms with Gasteiger partial charge in [0.1, 0.15) is 5.01 Å². The van der Waals surface area contributed by atoms with E-state index >= 15 is 0 Å². The fourth-order valence-corrected chi connectivity index (χ4v) is 3.72. The largest absolute Gasteiger partial charge is 0.454 e. The maximum absolute atomic E-state index is 12.7. The Morgan fingerprint density at radius 2 is 2.15 bits per heavy atom. The summed E-state index contributed by atoms with van der Waals surface area (Å²) in [5.41, 5.74) is 2.77. The summed E-state index contributed by atoms with van der Waals surface area (Å²) in [5.74, 6) is 1.54. The van der Waals surface area contributed by atoms with Gasteiger partial charge in [-0.2, -0.15) is 0 Å². The van der Waals surface area contributed by atoms with Crippen molar-refractivity contribution in [2.24, 2.45) is 0 Å². The Morgan fingerprint density at radius 3 is 2.96 bits per heavy atom. The van der Waals surface area contributed by atoms with E-state index in [1.807, 2.05) is 47.5 Å². The van der Waals surface area contributed by atoms with E-state index in [0.29, 0.717) is 13.1 Å². The number of ether oxygens (including phenoxy) is 2. The molecule has 27 heavy (non-hydrogen) atoms. The summed E-state index contributed by atoms with van der Waals surface area (Å²) in [5, 5.41) is 2.82. The van der Waals surface area contributed by atoms with Crippen LogP contribution in [0, 0.1) is 0 Å². The molecule has 3 aromatic rings. The molecule has 0 saturated heterocycles. The molecule has 0 N–H and O–H groups in total. The van der Waals surface area contributed by atoms with Gasteiger partial charge < -0.3 is 14.4 Å². The van der Waals surface area contributed by atoms with Crippen molar-refractivity contribution in [1.29, 1.82) is 0 Å². The van der Waals surface area contributed by atoms with Gasteiger partial charge in [-0.25, -0.2) is 4.98 Å². The monoisotopic (exact) mass is 381 g/mol. The number of nitrogens with zero attached hydrogens (tertiary/aromatic N) is 3. The number of aromatic nitrogens is 2. The summed E-state index contributed by atoms with van der Waals surface area (Å²) in [7, 11) is 0. The van der Waals surface area contributed by atoms with Gasteiger partial charge in [0.25, 0.3) is 0 Å². The first kappa shape index (κ1) is 17.5. The van der Waals surface area contributed by atoms with Crippen LogP contribution in [0.1, 0.15) is 18.2 Å². The molecule has 1 aliphatic heterocycles. The summed E-state index contributed by atoms with van der Waals surface area (Å²) >= 11 is 1.53. The Bertz CT molecular complexity index is 943. The van der Waals surface area contributed by atoms with E-state index in [0.717, 1.165) is 33.3 Å². The van der Waals surface area contributed by atoms with Crippen LogP contribution in [0.15, 0.2) is 48.1 Å². The van der Waals surface area contributed by atoms with Gasteiger partial charge in [0, 0.05) is 36.4 Å². The number of hydrogen-bond donors (Lipinski definition) is 0. The smallest absolute Gasteiger partial charge is 0.231 e. The summed E-state index contributed by atoms with van der Waals surface area (Å²) in [6.45, 7) is 3.39. The van der Waals surface area contributed by atoms with Crippen LogP contribution in [0.2, 0.25) is 0 Å². The van der Waals surface area contributed by atoms with E-state index in [1.165, 1.54) is 11.3 Å². The van der Waals surface area contributed by atoms with Crippen molar-refractivity contribution in [1.82, 2.24) is 14.9 Å². The van der Waals surface area contributed by atoms with Gasteiger partial charge in [-0.05, 0) is 36.8 Å². The van der Waals surface area contributed by atoms with Crippen LogP contribution >= 0.6 is 11.3 Å². The van der Waals surface area contributed by atoms with Gasteiger partial charge in [-0.15, -0.1) is 11.3 Å².